The van der Waals surface area contributed by atoms with E-state index in [1.807, 2.05) is 7.05 Å². The van der Waals surface area contributed by atoms with E-state index in [4.69, 9.17) is 0 Å². The molecule has 1 fully saturated rings. The van der Waals surface area contributed by atoms with Gasteiger partial charge in [-0.25, -0.2) is 0 Å². The second-order valence-electron chi connectivity index (χ2n) is 5.27. The van der Waals surface area contributed by atoms with Gasteiger partial charge in [-0.2, -0.15) is 0 Å². The Hall–Kier alpha value is -1.10. The molecule has 0 atom stereocenters. The van der Waals surface area contributed by atoms with Crippen LogP contribution in [0, 0.1) is 5.92 Å². The Balaban J connectivity index is 1.97. The lowest BCUT2D eigenvalue weighted by molar-refractivity contribution is -0.126. The number of amides is 2. The van der Waals surface area contributed by atoms with Gasteiger partial charge in [0.2, 0.25) is 11.8 Å². The van der Waals surface area contributed by atoms with E-state index in [-0.39, 0.29) is 18.4 Å². The molecule has 1 aliphatic rings. The lowest BCUT2D eigenvalue weighted by atomic mass is 10.0. The predicted octanol–water partition coefficient (Wildman–Crippen LogP) is 0.799. The van der Waals surface area contributed by atoms with Crippen LogP contribution in [0.2, 0.25) is 0 Å². The molecule has 0 radical (unpaired) electrons. The smallest absolute Gasteiger partial charge is 0.239 e. The van der Waals surface area contributed by atoms with Crippen molar-refractivity contribution < 1.29 is 9.59 Å². The average Bonchev–Trinajstić information content (AvgIpc) is 2.92. The maximum Gasteiger partial charge on any atom is 0.239 e. The van der Waals surface area contributed by atoms with Crippen molar-refractivity contribution in [1.82, 2.24) is 16.0 Å². The summed E-state index contributed by atoms with van der Waals surface area (Å²) in [5, 5.41) is 8.47. The molecule has 1 saturated carbocycles. The van der Waals surface area contributed by atoms with E-state index in [1.165, 1.54) is 25.7 Å². The SMILES string of the molecule is CNCCCNC(=O)CNC(=O)CCC1CCCC1. The molecule has 0 aromatic rings. The molecule has 1 rings (SSSR count). The molecule has 5 nitrogen and oxygen atoms in total. The van der Waals surface area contributed by atoms with E-state index in [0.29, 0.717) is 13.0 Å². The van der Waals surface area contributed by atoms with Crippen molar-refractivity contribution in [3.05, 3.63) is 0 Å². The highest BCUT2D eigenvalue weighted by Gasteiger charge is 2.16. The highest BCUT2D eigenvalue weighted by molar-refractivity contribution is 5.84. The first kappa shape index (κ1) is 16.0. The number of nitrogens with one attached hydrogen (secondary N) is 3. The average molecular weight is 269 g/mol. The van der Waals surface area contributed by atoms with Crippen molar-refractivity contribution in [2.24, 2.45) is 5.92 Å². The molecule has 0 aromatic carbocycles. The van der Waals surface area contributed by atoms with E-state index < -0.39 is 0 Å². The Bertz CT molecular complexity index is 276. The first-order valence-corrected chi connectivity index (χ1v) is 7.40. The summed E-state index contributed by atoms with van der Waals surface area (Å²) in [4.78, 5) is 23.0. The van der Waals surface area contributed by atoms with Crippen LogP contribution in [0.15, 0.2) is 0 Å². The van der Waals surface area contributed by atoms with E-state index in [1.54, 1.807) is 0 Å². The molecule has 110 valence electrons. The van der Waals surface area contributed by atoms with Gasteiger partial charge >= 0.3 is 0 Å². The van der Waals surface area contributed by atoms with Gasteiger partial charge in [-0.1, -0.05) is 25.7 Å². The fraction of sp³-hybridized carbons (Fsp3) is 0.857. The Morgan fingerprint density at radius 3 is 2.47 bits per heavy atom. The minimum atomic E-state index is -0.106. The zero-order chi connectivity index (χ0) is 13.9. The molecule has 0 bridgehead atoms. The lowest BCUT2D eigenvalue weighted by Crippen LogP contribution is -2.37. The van der Waals surface area contributed by atoms with Crippen molar-refractivity contribution in [2.75, 3.05) is 26.7 Å². The first-order chi connectivity index (χ1) is 9.22. The van der Waals surface area contributed by atoms with E-state index in [0.717, 1.165) is 25.3 Å². The van der Waals surface area contributed by atoms with Crippen molar-refractivity contribution >= 4 is 11.8 Å². The standard InChI is InChI=1S/C14H27N3O2/c1-15-9-4-10-16-14(19)11-17-13(18)8-7-12-5-2-3-6-12/h12,15H,2-11H2,1H3,(H,16,19)(H,17,18). The van der Waals surface area contributed by atoms with Crippen LogP contribution in [0.25, 0.3) is 0 Å². The van der Waals surface area contributed by atoms with E-state index >= 15 is 0 Å². The first-order valence-electron chi connectivity index (χ1n) is 7.40. The maximum absolute atomic E-state index is 11.6. The molecule has 0 aliphatic heterocycles. The molecule has 0 spiro atoms. The summed E-state index contributed by atoms with van der Waals surface area (Å²) in [6, 6.07) is 0. The summed E-state index contributed by atoms with van der Waals surface area (Å²) in [5.41, 5.74) is 0. The maximum atomic E-state index is 11.6. The molecule has 5 heteroatoms. The molecule has 1 aliphatic carbocycles. The highest BCUT2D eigenvalue weighted by Crippen LogP contribution is 2.28. The Morgan fingerprint density at radius 2 is 1.79 bits per heavy atom. The molecule has 0 saturated heterocycles. The summed E-state index contributed by atoms with van der Waals surface area (Å²) in [7, 11) is 1.88. The molecule has 19 heavy (non-hydrogen) atoms. The van der Waals surface area contributed by atoms with Gasteiger partial charge in [0, 0.05) is 13.0 Å². The third kappa shape index (κ3) is 7.82. The van der Waals surface area contributed by atoms with Gasteiger partial charge in [-0.15, -0.1) is 0 Å². The Labute approximate surface area is 115 Å². The Morgan fingerprint density at radius 1 is 1.05 bits per heavy atom. The van der Waals surface area contributed by atoms with Crippen molar-refractivity contribution in [1.29, 1.82) is 0 Å². The van der Waals surface area contributed by atoms with Crippen molar-refractivity contribution in [3.63, 3.8) is 0 Å². The van der Waals surface area contributed by atoms with Gasteiger partial charge in [0.15, 0.2) is 0 Å². The fourth-order valence-electron chi connectivity index (χ4n) is 2.46. The highest BCUT2D eigenvalue weighted by atomic mass is 16.2. The van der Waals surface area contributed by atoms with E-state index in [2.05, 4.69) is 16.0 Å². The number of hydrogen-bond donors (Lipinski definition) is 3. The summed E-state index contributed by atoms with van der Waals surface area (Å²) < 4.78 is 0. The van der Waals surface area contributed by atoms with Gasteiger partial charge in [0.05, 0.1) is 6.54 Å². The van der Waals surface area contributed by atoms with Crippen molar-refractivity contribution in [2.45, 2.75) is 44.9 Å². The minimum Gasteiger partial charge on any atom is -0.355 e. The van der Waals surface area contributed by atoms with Gasteiger partial charge < -0.3 is 16.0 Å². The third-order valence-corrected chi connectivity index (χ3v) is 3.63. The van der Waals surface area contributed by atoms with Gasteiger partial charge in [0.1, 0.15) is 0 Å². The van der Waals surface area contributed by atoms with Crippen LogP contribution in [0.4, 0.5) is 0 Å². The van der Waals surface area contributed by atoms with E-state index in [9.17, 15) is 9.59 Å². The summed E-state index contributed by atoms with van der Waals surface area (Å²) in [5.74, 6) is 0.615. The number of carbonyl (C=O) groups is 2. The molecular formula is C14H27N3O2. The molecule has 2 amide bonds. The second-order valence-corrected chi connectivity index (χ2v) is 5.27. The van der Waals surface area contributed by atoms with Gasteiger partial charge in [-0.3, -0.25) is 9.59 Å². The van der Waals surface area contributed by atoms with Gasteiger partial charge in [-0.05, 0) is 32.4 Å². The van der Waals surface area contributed by atoms with Crippen LogP contribution >= 0.6 is 0 Å². The van der Waals surface area contributed by atoms with Crippen LogP contribution in [-0.2, 0) is 9.59 Å². The predicted molar refractivity (Wildman–Crippen MR) is 75.8 cm³/mol. The molecular weight excluding hydrogens is 242 g/mol. The third-order valence-electron chi connectivity index (χ3n) is 3.63. The van der Waals surface area contributed by atoms with Crippen LogP contribution in [0.5, 0.6) is 0 Å². The quantitative estimate of drug-likeness (QED) is 0.542. The number of carbonyl (C=O) groups excluding carboxylic acids is 2. The molecule has 0 unspecified atom stereocenters. The second kappa shape index (κ2) is 9.78. The summed E-state index contributed by atoms with van der Waals surface area (Å²) in [6.07, 6.45) is 7.56. The van der Waals surface area contributed by atoms with Crippen LogP contribution in [-0.4, -0.2) is 38.5 Å². The zero-order valence-electron chi connectivity index (χ0n) is 12.0. The Kier molecular flexibility index (Phi) is 8.21. The van der Waals surface area contributed by atoms with Crippen LogP contribution < -0.4 is 16.0 Å². The largest absolute Gasteiger partial charge is 0.355 e. The van der Waals surface area contributed by atoms with Gasteiger partial charge in [0.25, 0.3) is 0 Å². The minimum absolute atomic E-state index is 0.00252. The summed E-state index contributed by atoms with van der Waals surface area (Å²) >= 11 is 0. The fourth-order valence-corrected chi connectivity index (χ4v) is 2.46. The monoisotopic (exact) mass is 269 g/mol. The molecule has 0 aromatic heterocycles. The molecule has 3 N–H and O–H groups in total. The number of hydrogen-bond acceptors (Lipinski definition) is 3. The zero-order valence-corrected chi connectivity index (χ0v) is 12.0. The number of rotatable bonds is 9. The topological polar surface area (TPSA) is 70.2 Å². The lowest BCUT2D eigenvalue weighted by Gasteiger charge is -2.09. The van der Waals surface area contributed by atoms with Crippen LogP contribution in [0.3, 0.4) is 0 Å². The molecule has 0 heterocycles. The summed E-state index contributed by atoms with van der Waals surface area (Å²) in [6.45, 7) is 1.63. The van der Waals surface area contributed by atoms with Crippen LogP contribution in [0.1, 0.15) is 44.9 Å². The van der Waals surface area contributed by atoms with Crippen molar-refractivity contribution in [3.8, 4) is 0 Å². The normalized spacial score (nSPS) is 15.4.